The van der Waals surface area contributed by atoms with Crippen LogP contribution in [0.15, 0.2) is 0 Å². The van der Waals surface area contributed by atoms with Gasteiger partial charge in [0.15, 0.2) is 0 Å². The molecule has 3 rings (SSSR count). The van der Waals surface area contributed by atoms with Crippen molar-refractivity contribution in [3.05, 3.63) is 0 Å². The molecular weight excluding hydrogens is 236 g/mol. The van der Waals surface area contributed by atoms with Crippen molar-refractivity contribution in [1.29, 1.82) is 0 Å². The van der Waals surface area contributed by atoms with Gasteiger partial charge in [-0.3, -0.25) is 4.79 Å². The lowest BCUT2D eigenvalue weighted by Gasteiger charge is -2.22. The van der Waals surface area contributed by atoms with Gasteiger partial charge < -0.3 is 10.6 Å². The highest BCUT2D eigenvalue weighted by atomic mass is 35.5. The average Bonchev–Trinajstić information content (AvgIpc) is 2.86. The first-order valence-electron chi connectivity index (χ1n) is 6.81. The normalized spacial score (nSPS) is 34.5. The fourth-order valence-electron chi connectivity index (χ4n) is 3.39. The Morgan fingerprint density at radius 3 is 2.53 bits per heavy atom. The summed E-state index contributed by atoms with van der Waals surface area (Å²) in [4.78, 5) is 11.7. The number of halogens is 1. The smallest absolute Gasteiger partial charge is 0.234 e. The molecule has 0 aromatic rings. The third kappa shape index (κ3) is 3.35. The molecule has 4 heteroatoms. The molecule has 0 aromatic heterocycles. The quantitative estimate of drug-likeness (QED) is 0.788. The molecule has 0 aliphatic heterocycles. The van der Waals surface area contributed by atoms with Crippen molar-refractivity contribution in [2.45, 2.75) is 44.6 Å². The van der Waals surface area contributed by atoms with Gasteiger partial charge >= 0.3 is 0 Å². The molecule has 1 amide bonds. The summed E-state index contributed by atoms with van der Waals surface area (Å²) < 4.78 is 0. The van der Waals surface area contributed by atoms with Crippen LogP contribution in [-0.2, 0) is 4.79 Å². The van der Waals surface area contributed by atoms with Crippen LogP contribution in [0.1, 0.15) is 38.5 Å². The standard InChI is InChI=1S/C13H22N2O.ClH/c16-13(8-14-7-9-1-2-9)15-12-6-10-3-4-11(12)5-10;/h9-12,14H,1-8H2,(H,15,16);1H. The summed E-state index contributed by atoms with van der Waals surface area (Å²) in [5.41, 5.74) is 0. The van der Waals surface area contributed by atoms with E-state index in [1.54, 1.807) is 0 Å². The van der Waals surface area contributed by atoms with Gasteiger partial charge in [-0.2, -0.15) is 0 Å². The van der Waals surface area contributed by atoms with Crippen LogP contribution in [-0.4, -0.2) is 25.0 Å². The van der Waals surface area contributed by atoms with Gasteiger partial charge in [-0.1, -0.05) is 6.42 Å². The highest BCUT2D eigenvalue weighted by Gasteiger charge is 2.39. The van der Waals surface area contributed by atoms with Gasteiger partial charge in [0.05, 0.1) is 6.54 Å². The summed E-state index contributed by atoms with van der Waals surface area (Å²) >= 11 is 0. The van der Waals surface area contributed by atoms with Crippen LogP contribution in [0.4, 0.5) is 0 Å². The highest BCUT2D eigenvalue weighted by Crippen LogP contribution is 2.44. The second-order valence-electron chi connectivity index (χ2n) is 5.92. The van der Waals surface area contributed by atoms with Crippen LogP contribution in [0.3, 0.4) is 0 Å². The maximum atomic E-state index is 11.7. The fourth-order valence-corrected chi connectivity index (χ4v) is 3.39. The van der Waals surface area contributed by atoms with E-state index in [0.717, 1.165) is 24.3 Å². The maximum absolute atomic E-state index is 11.7. The van der Waals surface area contributed by atoms with Crippen molar-refractivity contribution >= 4 is 18.3 Å². The van der Waals surface area contributed by atoms with E-state index in [1.165, 1.54) is 38.5 Å². The lowest BCUT2D eigenvalue weighted by atomic mass is 9.95. The molecule has 0 saturated heterocycles. The second kappa shape index (κ2) is 5.57. The zero-order valence-corrected chi connectivity index (χ0v) is 11.1. The van der Waals surface area contributed by atoms with Crippen LogP contribution >= 0.6 is 12.4 Å². The minimum absolute atomic E-state index is 0. The van der Waals surface area contributed by atoms with Gasteiger partial charge in [-0.05, 0) is 56.4 Å². The summed E-state index contributed by atoms with van der Waals surface area (Å²) in [6.07, 6.45) is 8.03. The predicted octanol–water partition coefficient (Wildman–Crippen LogP) is 1.71. The van der Waals surface area contributed by atoms with Gasteiger partial charge in [0.1, 0.15) is 0 Å². The Kier molecular flexibility index (Phi) is 4.31. The number of hydrogen-bond donors (Lipinski definition) is 2. The molecule has 0 radical (unpaired) electrons. The van der Waals surface area contributed by atoms with Gasteiger partial charge in [0.2, 0.25) is 5.91 Å². The van der Waals surface area contributed by atoms with Crippen LogP contribution < -0.4 is 10.6 Å². The molecule has 2 N–H and O–H groups in total. The predicted molar refractivity (Wildman–Crippen MR) is 70.2 cm³/mol. The number of fused-ring (bicyclic) bond motifs is 2. The van der Waals surface area contributed by atoms with Crippen molar-refractivity contribution in [2.24, 2.45) is 17.8 Å². The largest absolute Gasteiger partial charge is 0.352 e. The fraction of sp³-hybridized carbons (Fsp3) is 0.923. The van der Waals surface area contributed by atoms with Crippen LogP contribution in [0.25, 0.3) is 0 Å². The monoisotopic (exact) mass is 258 g/mol. The van der Waals surface area contributed by atoms with E-state index in [0.29, 0.717) is 12.6 Å². The number of amides is 1. The number of rotatable bonds is 5. The second-order valence-corrected chi connectivity index (χ2v) is 5.92. The van der Waals surface area contributed by atoms with E-state index in [-0.39, 0.29) is 18.3 Å². The molecule has 3 atom stereocenters. The minimum Gasteiger partial charge on any atom is -0.352 e. The van der Waals surface area contributed by atoms with E-state index in [9.17, 15) is 4.79 Å². The minimum atomic E-state index is 0. The van der Waals surface area contributed by atoms with Crippen LogP contribution in [0, 0.1) is 17.8 Å². The Labute approximate surface area is 110 Å². The van der Waals surface area contributed by atoms with Gasteiger partial charge in [-0.15, -0.1) is 12.4 Å². The molecule has 3 fully saturated rings. The van der Waals surface area contributed by atoms with Crippen LogP contribution in [0.2, 0.25) is 0 Å². The summed E-state index contributed by atoms with van der Waals surface area (Å²) in [5.74, 6) is 2.76. The molecule has 0 aromatic carbocycles. The first-order chi connectivity index (χ1) is 7.81. The Hall–Kier alpha value is -0.280. The van der Waals surface area contributed by atoms with Crippen LogP contribution in [0.5, 0.6) is 0 Å². The molecule has 3 aliphatic carbocycles. The van der Waals surface area contributed by atoms with Crippen molar-refractivity contribution in [3.63, 3.8) is 0 Å². The number of carbonyl (C=O) groups is 1. The van der Waals surface area contributed by atoms with Crippen molar-refractivity contribution in [1.82, 2.24) is 10.6 Å². The Bertz CT molecular complexity index is 281. The van der Waals surface area contributed by atoms with E-state index in [2.05, 4.69) is 10.6 Å². The van der Waals surface area contributed by atoms with Crippen molar-refractivity contribution in [3.8, 4) is 0 Å². The molecule has 3 saturated carbocycles. The van der Waals surface area contributed by atoms with Crippen molar-refractivity contribution in [2.75, 3.05) is 13.1 Å². The summed E-state index contributed by atoms with van der Waals surface area (Å²) in [6.45, 7) is 1.55. The molecule has 3 unspecified atom stereocenters. The van der Waals surface area contributed by atoms with E-state index in [4.69, 9.17) is 0 Å². The third-order valence-electron chi connectivity index (χ3n) is 4.50. The van der Waals surface area contributed by atoms with Gasteiger partial charge in [-0.25, -0.2) is 0 Å². The zero-order valence-electron chi connectivity index (χ0n) is 10.3. The number of nitrogens with one attached hydrogen (secondary N) is 2. The third-order valence-corrected chi connectivity index (χ3v) is 4.50. The summed E-state index contributed by atoms with van der Waals surface area (Å²) in [5, 5.41) is 6.46. The topological polar surface area (TPSA) is 41.1 Å². The van der Waals surface area contributed by atoms with Gasteiger partial charge in [0, 0.05) is 6.04 Å². The molecule has 0 spiro atoms. The molecular formula is C13H23ClN2O. The Morgan fingerprint density at radius 1 is 1.12 bits per heavy atom. The SMILES string of the molecule is Cl.O=C(CNCC1CC1)NC1CC2CCC1C2. The zero-order chi connectivity index (χ0) is 11.0. The van der Waals surface area contributed by atoms with Gasteiger partial charge in [0.25, 0.3) is 0 Å². The summed E-state index contributed by atoms with van der Waals surface area (Å²) in [6, 6.07) is 0.494. The maximum Gasteiger partial charge on any atom is 0.234 e. The molecule has 2 bridgehead atoms. The number of carbonyl (C=O) groups excluding carboxylic acids is 1. The highest BCUT2D eigenvalue weighted by molar-refractivity contribution is 5.85. The average molecular weight is 259 g/mol. The Balaban J connectivity index is 0.00000108. The summed E-state index contributed by atoms with van der Waals surface area (Å²) in [7, 11) is 0. The molecule has 3 nitrogen and oxygen atoms in total. The van der Waals surface area contributed by atoms with E-state index in [1.807, 2.05) is 0 Å². The number of hydrogen-bond acceptors (Lipinski definition) is 2. The molecule has 98 valence electrons. The first-order valence-corrected chi connectivity index (χ1v) is 6.81. The lowest BCUT2D eigenvalue weighted by molar-refractivity contribution is -0.121. The molecule has 17 heavy (non-hydrogen) atoms. The van der Waals surface area contributed by atoms with E-state index < -0.39 is 0 Å². The van der Waals surface area contributed by atoms with E-state index >= 15 is 0 Å². The Morgan fingerprint density at radius 2 is 1.94 bits per heavy atom. The molecule has 3 aliphatic rings. The lowest BCUT2D eigenvalue weighted by Crippen LogP contribution is -2.43. The van der Waals surface area contributed by atoms with Crippen molar-refractivity contribution < 1.29 is 4.79 Å². The first kappa shape index (κ1) is 13.2. The molecule has 0 heterocycles.